The Balaban J connectivity index is 1.62. The van der Waals surface area contributed by atoms with Gasteiger partial charge in [0.15, 0.2) is 0 Å². The molecule has 0 aliphatic rings. The molecule has 0 spiro atoms. The molecule has 0 atom stereocenters. The van der Waals surface area contributed by atoms with E-state index in [1.54, 1.807) is 6.07 Å². The molecule has 0 saturated heterocycles. The van der Waals surface area contributed by atoms with Gasteiger partial charge in [-0.2, -0.15) is 0 Å². The molecule has 4 aromatic rings. The number of para-hydroxylation sites is 1. The number of fused-ring (bicyclic) bond motifs is 1. The minimum absolute atomic E-state index is 0.107. The van der Waals surface area contributed by atoms with E-state index in [0.29, 0.717) is 23.1 Å². The number of nitrogens with one attached hydrogen (secondary N) is 1. The molecule has 2 aromatic heterocycles. The Kier molecular flexibility index (Phi) is 3.86. The number of pyridine rings is 1. The Labute approximate surface area is 145 Å². The van der Waals surface area contributed by atoms with Crippen LogP contribution in [-0.2, 0) is 6.42 Å². The van der Waals surface area contributed by atoms with E-state index >= 15 is 0 Å². The number of hydrogen-bond donors (Lipinski definition) is 1. The predicted octanol–water partition coefficient (Wildman–Crippen LogP) is 3.88. The second-order valence-corrected chi connectivity index (χ2v) is 6.13. The van der Waals surface area contributed by atoms with E-state index in [1.165, 1.54) is 5.56 Å². The summed E-state index contributed by atoms with van der Waals surface area (Å²) >= 11 is 0. The maximum Gasteiger partial charge on any atom is 0.258 e. The quantitative estimate of drug-likeness (QED) is 0.621. The number of aryl methyl sites for hydroxylation is 1. The molecule has 1 N–H and O–H groups in total. The Bertz CT molecular complexity index is 1100. The van der Waals surface area contributed by atoms with Gasteiger partial charge in [-0.1, -0.05) is 42.0 Å². The number of aromatic amines is 1. The van der Waals surface area contributed by atoms with Crippen LogP contribution < -0.4 is 5.56 Å². The summed E-state index contributed by atoms with van der Waals surface area (Å²) < 4.78 is 0. The molecule has 4 rings (SSSR count). The van der Waals surface area contributed by atoms with Gasteiger partial charge in [0, 0.05) is 18.2 Å². The molecular weight excluding hydrogens is 310 g/mol. The summed E-state index contributed by atoms with van der Waals surface area (Å²) in [5, 5.41) is 0.610. The van der Waals surface area contributed by atoms with Crippen LogP contribution >= 0.6 is 0 Å². The molecule has 0 radical (unpaired) electrons. The minimum Gasteiger partial charge on any atom is -0.310 e. The second kappa shape index (κ2) is 6.32. The van der Waals surface area contributed by atoms with Crippen molar-refractivity contribution in [3.63, 3.8) is 0 Å². The van der Waals surface area contributed by atoms with Crippen molar-refractivity contribution in [1.29, 1.82) is 0 Å². The zero-order valence-electron chi connectivity index (χ0n) is 13.9. The molecule has 4 heteroatoms. The summed E-state index contributed by atoms with van der Waals surface area (Å²) in [5.41, 5.74) is 4.86. The van der Waals surface area contributed by atoms with E-state index in [2.05, 4.69) is 40.1 Å². The van der Waals surface area contributed by atoms with Crippen molar-refractivity contribution in [2.24, 2.45) is 0 Å². The average Bonchev–Trinajstić information content (AvgIpc) is 2.62. The predicted molar refractivity (Wildman–Crippen MR) is 99.6 cm³/mol. The molecule has 2 heterocycles. The highest BCUT2D eigenvalue weighted by molar-refractivity contribution is 5.77. The van der Waals surface area contributed by atoms with Crippen molar-refractivity contribution >= 4 is 10.9 Å². The number of H-pyrrole nitrogens is 1. The van der Waals surface area contributed by atoms with Gasteiger partial charge < -0.3 is 4.98 Å². The van der Waals surface area contributed by atoms with E-state index in [0.717, 1.165) is 16.8 Å². The first-order valence-electron chi connectivity index (χ1n) is 8.19. The SMILES string of the molecule is Cc1cccc(-c2ccc(Cc3nc4ccccc4c(=O)[nH]3)cn2)c1. The van der Waals surface area contributed by atoms with Gasteiger partial charge in [-0.3, -0.25) is 9.78 Å². The molecule has 4 nitrogen and oxygen atoms in total. The highest BCUT2D eigenvalue weighted by Gasteiger charge is 2.05. The first-order valence-corrected chi connectivity index (χ1v) is 8.19. The minimum atomic E-state index is -0.107. The van der Waals surface area contributed by atoms with Gasteiger partial charge in [0.25, 0.3) is 5.56 Å². The van der Waals surface area contributed by atoms with E-state index in [1.807, 2.05) is 42.6 Å². The van der Waals surface area contributed by atoms with E-state index in [4.69, 9.17) is 0 Å². The Morgan fingerprint density at radius 3 is 2.68 bits per heavy atom. The third-order valence-corrected chi connectivity index (χ3v) is 4.17. The molecule has 0 saturated carbocycles. The molecule has 0 unspecified atom stereocenters. The van der Waals surface area contributed by atoms with Crippen LogP contribution in [0.2, 0.25) is 0 Å². The van der Waals surface area contributed by atoms with E-state index in [9.17, 15) is 4.79 Å². The Morgan fingerprint density at radius 1 is 1.00 bits per heavy atom. The zero-order chi connectivity index (χ0) is 17.2. The first-order chi connectivity index (χ1) is 12.2. The smallest absolute Gasteiger partial charge is 0.258 e. The standard InChI is InChI=1S/C21H17N3O/c1-14-5-4-6-16(11-14)18-10-9-15(13-22-18)12-20-23-19-8-3-2-7-17(19)21(25)24-20/h2-11,13H,12H2,1H3,(H,23,24,25). The van der Waals surface area contributed by atoms with Crippen LogP contribution in [0.25, 0.3) is 22.2 Å². The lowest BCUT2D eigenvalue weighted by Gasteiger charge is -2.05. The van der Waals surface area contributed by atoms with Crippen LogP contribution in [0.3, 0.4) is 0 Å². The fourth-order valence-corrected chi connectivity index (χ4v) is 2.92. The normalized spacial score (nSPS) is 10.9. The van der Waals surface area contributed by atoms with Crippen LogP contribution in [0.1, 0.15) is 17.0 Å². The fraction of sp³-hybridized carbons (Fsp3) is 0.0952. The summed E-state index contributed by atoms with van der Waals surface area (Å²) in [6.45, 7) is 2.07. The topological polar surface area (TPSA) is 58.6 Å². The number of benzene rings is 2. The molecule has 0 aliphatic carbocycles. The molecular formula is C21H17N3O. The molecule has 0 aliphatic heterocycles. The highest BCUT2D eigenvalue weighted by atomic mass is 16.1. The van der Waals surface area contributed by atoms with Crippen molar-refractivity contribution < 1.29 is 0 Å². The van der Waals surface area contributed by atoms with Crippen molar-refractivity contribution in [3.05, 3.63) is 94.2 Å². The third-order valence-electron chi connectivity index (χ3n) is 4.17. The maximum atomic E-state index is 12.1. The Morgan fingerprint density at radius 2 is 1.88 bits per heavy atom. The molecule has 0 bridgehead atoms. The summed E-state index contributed by atoms with van der Waals surface area (Å²) in [5.74, 6) is 0.647. The van der Waals surface area contributed by atoms with Crippen LogP contribution in [0.5, 0.6) is 0 Å². The number of nitrogens with zero attached hydrogens (tertiary/aromatic N) is 2. The average molecular weight is 327 g/mol. The van der Waals surface area contributed by atoms with Crippen LogP contribution in [-0.4, -0.2) is 15.0 Å². The van der Waals surface area contributed by atoms with Crippen LogP contribution in [0.15, 0.2) is 71.7 Å². The van der Waals surface area contributed by atoms with Gasteiger partial charge in [0.2, 0.25) is 0 Å². The van der Waals surface area contributed by atoms with Crippen molar-refractivity contribution in [3.8, 4) is 11.3 Å². The number of rotatable bonds is 3. The van der Waals surface area contributed by atoms with Gasteiger partial charge in [-0.05, 0) is 36.8 Å². The van der Waals surface area contributed by atoms with Crippen LogP contribution in [0, 0.1) is 6.92 Å². The van der Waals surface area contributed by atoms with Crippen molar-refractivity contribution in [2.45, 2.75) is 13.3 Å². The molecule has 2 aromatic carbocycles. The first kappa shape index (κ1) is 15.3. The molecule has 0 fully saturated rings. The molecule has 25 heavy (non-hydrogen) atoms. The van der Waals surface area contributed by atoms with Crippen LogP contribution in [0.4, 0.5) is 0 Å². The number of aromatic nitrogens is 3. The summed E-state index contributed by atoms with van der Waals surface area (Å²) in [7, 11) is 0. The summed E-state index contributed by atoms with van der Waals surface area (Å²) in [6.07, 6.45) is 2.38. The van der Waals surface area contributed by atoms with E-state index < -0.39 is 0 Å². The lowest BCUT2D eigenvalue weighted by atomic mass is 10.1. The second-order valence-electron chi connectivity index (χ2n) is 6.13. The Hall–Kier alpha value is -3.27. The third kappa shape index (κ3) is 3.19. The summed E-state index contributed by atoms with van der Waals surface area (Å²) in [6, 6.07) is 19.7. The lowest BCUT2D eigenvalue weighted by molar-refractivity contribution is 0.966. The monoisotopic (exact) mass is 327 g/mol. The molecule has 0 amide bonds. The van der Waals surface area contributed by atoms with E-state index in [-0.39, 0.29) is 5.56 Å². The van der Waals surface area contributed by atoms with Gasteiger partial charge in [0.1, 0.15) is 5.82 Å². The molecule has 122 valence electrons. The zero-order valence-corrected chi connectivity index (χ0v) is 13.9. The van der Waals surface area contributed by atoms with Gasteiger partial charge in [0.05, 0.1) is 16.6 Å². The van der Waals surface area contributed by atoms with Crippen molar-refractivity contribution in [1.82, 2.24) is 15.0 Å². The summed E-state index contributed by atoms with van der Waals surface area (Å²) in [4.78, 5) is 24.1. The van der Waals surface area contributed by atoms with Gasteiger partial charge in [-0.15, -0.1) is 0 Å². The number of hydrogen-bond acceptors (Lipinski definition) is 3. The van der Waals surface area contributed by atoms with Crippen molar-refractivity contribution in [2.75, 3.05) is 0 Å². The lowest BCUT2D eigenvalue weighted by Crippen LogP contribution is -2.12. The van der Waals surface area contributed by atoms with Gasteiger partial charge >= 0.3 is 0 Å². The fourth-order valence-electron chi connectivity index (χ4n) is 2.92. The highest BCUT2D eigenvalue weighted by Crippen LogP contribution is 2.19. The van der Waals surface area contributed by atoms with Gasteiger partial charge in [-0.25, -0.2) is 4.98 Å². The maximum absolute atomic E-state index is 12.1. The largest absolute Gasteiger partial charge is 0.310 e.